The Morgan fingerprint density at radius 3 is 2.93 bits per heavy atom. The van der Waals surface area contributed by atoms with Crippen LogP contribution in [0, 0.1) is 0 Å². The molecule has 0 aromatic carbocycles. The first kappa shape index (κ1) is 8.99. The van der Waals surface area contributed by atoms with Crippen molar-refractivity contribution in [3.63, 3.8) is 0 Å². The van der Waals surface area contributed by atoms with Crippen LogP contribution in [0.4, 0.5) is 0 Å². The molecule has 1 fully saturated rings. The van der Waals surface area contributed by atoms with Crippen molar-refractivity contribution in [1.29, 1.82) is 0 Å². The third-order valence-electron chi connectivity index (χ3n) is 1.93. The second kappa shape index (κ2) is 3.65. The van der Waals surface area contributed by atoms with Crippen LogP contribution >= 0.6 is 0 Å². The van der Waals surface area contributed by atoms with E-state index in [4.69, 9.17) is 4.74 Å². The standard InChI is InChI=1S/C10H11NO3/c1-13-10(12)8-3-2-4-9(11-8)14-7-5-6-7/h2-4,7H,5-6H2,1H3. The Hall–Kier alpha value is -1.58. The molecule has 1 aliphatic carbocycles. The number of aromatic nitrogens is 1. The van der Waals surface area contributed by atoms with Gasteiger partial charge in [0.2, 0.25) is 5.88 Å². The molecule has 1 aliphatic rings. The van der Waals surface area contributed by atoms with Crippen LogP contribution in [0.5, 0.6) is 5.88 Å². The van der Waals surface area contributed by atoms with Crippen LogP contribution < -0.4 is 4.74 Å². The Balaban J connectivity index is 2.12. The quantitative estimate of drug-likeness (QED) is 0.681. The van der Waals surface area contributed by atoms with E-state index in [1.165, 1.54) is 7.11 Å². The highest BCUT2D eigenvalue weighted by Crippen LogP contribution is 2.25. The Labute approximate surface area is 81.9 Å². The van der Waals surface area contributed by atoms with Crippen molar-refractivity contribution in [3.8, 4) is 5.88 Å². The highest BCUT2D eigenvalue weighted by atomic mass is 16.5. The highest BCUT2D eigenvalue weighted by molar-refractivity contribution is 5.87. The van der Waals surface area contributed by atoms with Crippen molar-refractivity contribution in [2.24, 2.45) is 0 Å². The summed E-state index contributed by atoms with van der Waals surface area (Å²) in [5.41, 5.74) is 0.283. The molecule has 0 atom stereocenters. The van der Waals surface area contributed by atoms with E-state index in [-0.39, 0.29) is 11.8 Å². The van der Waals surface area contributed by atoms with E-state index in [0.29, 0.717) is 5.88 Å². The molecule has 1 aromatic rings. The molecule has 14 heavy (non-hydrogen) atoms. The fourth-order valence-corrected chi connectivity index (χ4v) is 1.06. The van der Waals surface area contributed by atoms with Crippen LogP contribution in [-0.2, 0) is 4.74 Å². The normalized spacial score (nSPS) is 14.9. The number of nitrogens with zero attached hydrogens (tertiary/aromatic N) is 1. The summed E-state index contributed by atoms with van der Waals surface area (Å²) in [6.45, 7) is 0. The number of hydrogen-bond donors (Lipinski definition) is 0. The lowest BCUT2D eigenvalue weighted by Gasteiger charge is -2.03. The number of carbonyl (C=O) groups excluding carboxylic acids is 1. The number of carbonyl (C=O) groups is 1. The first-order chi connectivity index (χ1) is 6.79. The molecular weight excluding hydrogens is 182 g/mol. The lowest BCUT2D eigenvalue weighted by atomic mass is 10.3. The van der Waals surface area contributed by atoms with Crippen molar-refractivity contribution in [2.75, 3.05) is 7.11 Å². The second-order valence-corrected chi connectivity index (χ2v) is 3.17. The van der Waals surface area contributed by atoms with E-state index in [1.807, 2.05) is 0 Å². The van der Waals surface area contributed by atoms with Crippen LogP contribution in [0.1, 0.15) is 23.3 Å². The Bertz CT molecular complexity index is 347. The molecule has 4 nitrogen and oxygen atoms in total. The van der Waals surface area contributed by atoms with Gasteiger partial charge in [-0.05, 0) is 18.9 Å². The largest absolute Gasteiger partial charge is 0.474 e. The molecular formula is C10H11NO3. The van der Waals surface area contributed by atoms with Crippen molar-refractivity contribution in [3.05, 3.63) is 23.9 Å². The van der Waals surface area contributed by atoms with Gasteiger partial charge in [0.15, 0.2) is 5.69 Å². The van der Waals surface area contributed by atoms with Gasteiger partial charge in [-0.2, -0.15) is 0 Å². The van der Waals surface area contributed by atoms with Crippen molar-refractivity contribution in [2.45, 2.75) is 18.9 Å². The van der Waals surface area contributed by atoms with Crippen LogP contribution in [0.3, 0.4) is 0 Å². The summed E-state index contributed by atoms with van der Waals surface area (Å²) in [6, 6.07) is 5.08. The molecule has 2 rings (SSSR count). The van der Waals surface area contributed by atoms with E-state index in [2.05, 4.69) is 9.72 Å². The zero-order valence-corrected chi connectivity index (χ0v) is 7.90. The number of rotatable bonds is 3. The predicted molar refractivity (Wildman–Crippen MR) is 49.2 cm³/mol. The maximum atomic E-state index is 11.1. The number of ether oxygens (including phenoxy) is 2. The fraction of sp³-hybridized carbons (Fsp3) is 0.400. The van der Waals surface area contributed by atoms with E-state index in [9.17, 15) is 4.79 Å². The summed E-state index contributed by atoms with van der Waals surface area (Å²) < 4.78 is 10.00. The van der Waals surface area contributed by atoms with E-state index in [0.717, 1.165) is 12.8 Å². The minimum absolute atomic E-state index is 0.283. The van der Waals surface area contributed by atoms with Crippen molar-refractivity contribution < 1.29 is 14.3 Å². The Morgan fingerprint density at radius 1 is 1.50 bits per heavy atom. The maximum absolute atomic E-state index is 11.1. The van der Waals surface area contributed by atoms with Crippen molar-refractivity contribution >= 4 is 5.97 Å². The van der Waals surface area contributed by atoms with Gasteiger partial charge in [-0.15, -0.1) is 0 Å². The average Bonchev–Trinajstić information content (AvgIpc) is 3.01. The molecule has 0 radical (unpaired) electrons. The SMILES string of the molecule is COC(=O)c1cccc(OC2CC2)n1. The van der Waals surface area contributed by atoms with Gasteiger partial charge in [-0.25, -0.2) is 9.78 Å². The molecule has 74 valence electrons. The molecule has 0 N–H and O–H groups in total. The lowest BCUT2D eigenvalue weighted by Crippen LogP contribution is -2.06. The van der Waals surface area contributed by atoms with Gasteiger partial charge < -0.3 is 9.47 Å². The van der Waals surface area contributed by atoms with E-state index < -0.39 is 5.97 Å². The van der Waals surface area contributed by atoms with Gasteiger partial charge >= 0.3 is 5.97 Å². The monoisotopic (exact) mass is 193 g/mol. The van der Waals surface area contributed by atoms with Crippen LogP contribution in [0.25, 0.3) is 0 Å². The minimum atomic E-state index is -0.439. The first-order valence-electron chi connectivity index (χ1n) is 4.51. The molecule has 1 heterocycles. The molecule has 1 aromatic heterocycles. The molecule has 0 saturated heterocycles. The Kier molecular flexibility index (Phi) is 2.35. The molecule has 0 amide bonds. The van der Waals surface area contributed by atoms with Gasteiger partial charge in [-0.3, -0.25) is 0 Å². The number of methoxy groups -OCH3 is 1. The predicted octanol–water partition coefficient (Wildman–Crippen LogP) is 1.41. The summed E-state index contributed by atoms with van der Waals surface area (Å²) >= 11 is 0. The zero-order valence-electron chi connectivity index (χ0n) is 7.90. The number of hydrogen-bond acceptors (Lipinski definition) is 4. The van der Waals surface area contributed by atoms with Gasteiger partial charge in [0.25, 0.3) is 0 Å². The minimum Gasteiger partial charge on any atom is -0.474 e. The van der Waals surface area contributed by atoms with E-state index >= 15 is 0 Å². The molecule has 0 bridgehead atoms. The van der Waals surface area contributed by atoms with Crippen LogP contribution in [0.2, 0.25) is 0 Å². The van der Waals surface area contributed by atoms with E-state index in [1.54, 1.807) is 18.2 Å². The molecule has 4 heteroatoms. The summed E-state index contributed by atoms with van der Waals surface area (Å²) in [5.74, 6) is 0.0571. The van der Waals surface area contributed by atoms with Crippen LogP contribution in [0.15, 0.2) is 18.2 Å². The van der Waals surface area contributed by atoms with Gasteiger partial charge in [0.05, 0.1) is 7.11 Å². The summed E-state index contributed by atoms with van der Waals surface area (Å²) in [6.07, 6.45) is 2.43. The number of esters is 1. The first-order valence-corrected chi connectivity index (χ1v) is 4.51. The fourth-order valence-electron chi connectivity index (χ4n) is 1.06. The third kappa shape index (κ3) is 2.02. The van der Waals surface area contributed by atoms with Crippen molar-refractivity contribution in [1.82, 2.24) is 4.98 Å². The summed E-state index contributed by atoms with van der Waals surface area (Å²) in [4.78, 5) is 15.2. The summed E-state index contributed by atoms with van der Waals surface area (Å²) in [7, 11) is 1.33. The topological polar surface area (TPSA) is 48.4 Å². The highest BCUT2D eigenvalue weighted by Gasteiger charge is 2.24. The second-order valence-electron chi connectivity index (χ2n) is 3.17. The summed E-state index contributed by atoms with van der Waals surface area (Å²) in [5, 5.41) is 0. The molecule has 1 saturated carbocycles. The van der Waals surface area contributed by atoms with Gasteiger partial charge in [-0.1, -0.05) is 6.07 Å². The van der Waals surface area contributed by atoms with Crippen LogP contribution in [-0.4, -0.2) is 24.2 Å². The van der Waals surface area contributed by atoms with Gasteiger partial charge in [0.1, 0.15) is 6.10 Å². The third-order valence-corrected chi connectivity index (χ3v) is 1.93. The van der Waals surface area contributed by atoms with Gasteiger partial charge in [0, 0.05) is 6.07 Å². The molecule has 0 spiro atoms. The Morgan fingerprint density at radius 2 is 2.29 bits per heavy atom. The lowest BCUT2D eigenvalue weighted by molar-refractivity contribution is 0.0592. The number of pyridine rings is 1. The maximum Gasteiger partial charge on any atom is 0.356 e. The molecule has 0 unspecified atom stereocenters. The molecule has 0 aliphatic heterocycles. The zero-order chi connectivity index (χ0) is 9.97. The average molecular weight is 193 g/mol. The smallest absolute Gasteiger partial charge is 0.356 e.